The minimum Gasteiger partial charge on any atom is -0.449 e. The maximum atomic E-state index is 11.6. The highest BCUT2D eigenvalue weighted by atomic mass is 16.6. The molecule has 0 aliphatic rings. The summed E-state index contributed by atoms with van der Waals surface area (Å²) < 4.78 is 5.32. The Morgan fingerprint density at radius 1 is 1.19 bits per heavy atom. The zero-order valence-electron chi connectivity index (χ0n) is 11.3. The fraction of sp³-hybridized carbons (Fsp3) is 0.923. The molecule has 0 fully saturated rings. The Morgan fingerprint density at radius 2 is 1.81 bits per heavy atom. The van der Waals surface area contributed by atoms with Crippen LogP contribution in [0.1, 0.15) is 53.4 Å². The first-order chi connectivity index (χ1) is 7.69. The van der Waals surface area contributed by atoms with Gasteiger partial charge in [0.2, 0.25) is 0 Å². The summed E-state index contributed by atoms with van der Waals surface area (Å²) in [5.41, 5.74) is 0. The third-order valence-corrected chi connectivity index (χ3v) is 3.01. The van der Waals surface area contributed by atoms with Crippen molar-refractivity contribution in [1.29, 1.82) is 0 Å². The lowest BCUT2D eigenvalue weighted by Gasteiger charge is -2.20. The third kappa shape index (κ3) is 5.99. The topological polar surface area (TPSA) is 29.5 Å². The van der Waals surface area contributed by atoms with Gasteiger partial charge in [0.05, 0.1) is 6.61 Å². The molecule has 0 aromatic rings. The number of carbonyl (C=O) groups excluding carboxylic acids is 1. The van der Waals surface area contributed by atoms with Crippen LogP contribution in [-0.2, 0) is 4.74 Å². The van der Waals surface area contributed by atoms with Crippen LogP contribution in [0.2, 0.25) is 0 Å². The molecule has 0 heterocycles. The number of hydrogen-bond donors (Lipinski definition) is 0. The fourth-order valence-electron chi connectivity index (χ4n) is 1.66. The normalized spacial score (nSPS) is 12.2. The second-order valence-corrected chi connectivity index (χ2v) is 4.17. The SMILES string of the molecule is CCCCC(CC)COC(=O)N(CC)CC. The van der Waals surface area contributed by atoms with Crippen LogP contribution in [-0.4, -0.2) is 30.7 Å². The minimum atomic E-state index is -0.167. The van der Waals surface area contributed by atoms with Crippen molar-refractivity contribution in [3.05, 3.63) is 0 Å². The lowest BCUT2D eigenvalue weighted by Crippen LogP contribution is -2.32. The molecule has 0 saturated carbocycles. The van der Waals surface area contributed by atoms with Crippen LogP contribution in [0.25, 0.3) is 0 Å². The van der Waals surface area contributed by atoms with Crippen LogP contribution < -0.4 is 0 Å². The fourth-order valence-corrected chi connectivity index (χ4v) is 1.66. The molecule has 16 heavy (non-hydrogen) atoms. The molecule has 0 aliphatic carbocycles. The Labute approximate surface area is 100 Å². The van der Waals surface area contributed by atoms with Crippen LogP contribution in [0.5, 0.6) is 0 Å². The van der Waals surface area contributed by atoms with Crippen molar-refractivity contribution in [1.82, 2.24) is 4.90 Å². The quantitative estimate of drug-likeness (QED) is 0.635. The van der Waals surface area contributed by atoms with Gasteiger partial charge in [0.1, 0.15) is 0 Å². The van der Waals surface area contributed by atoms with E-state index in [2.05, 4.69) is 13.8 Å². The molecule has 0 N–H and O–H groups in total. The second kappa shape index (κ2) is 9.49. The maximum absolute atomic E-state index is 11.6. The number of ether oxygens (including phenoxy) is 1. The van der Waals surface area contributed by atoms with Crippen LogP contribution in [0.4, 0.5) is 4.79 Å². The molecule has 0 spiro atoms. The highest BCUT2D eigenvalue weighted by Gasteiger charge is 2.13. The number of amides is 1. The number of hydrogen-bond acceptors (Lipinski definition) is 2. The van der Waals surface area contributed by atoms with E-state index in [4.69, 9.17) is 4.74 Å². The van der Waals surface area contributed by atoms with Crippen molar-refractivity contribution in [2.45, 2.75) is 53.4 Å². The van der Waals surface area contributed by atoms with Gasteiger partial charge >= 0.3 is 6.09 Å². The van der Waals surface area contributed by atoms with Crippen LogP contribution in [0, 0.1) is 5.92 Å². The molecule has 1 amide bonds. The first-order valence-corrected chi connectivity index (χ1v) is 6.61. The predicted octanol–water partition coefficient (Wildman–Crippen LogP) is 3.68. The molecule has 0 bridgehead atoms. The first kappa shape index (κ1) is 15.3. The van der Waals surface area contributed by atoms with Gasteiger partial charge < -0.3 is 9.64 Å². The van der Waals surface area contributed by atoms with Gasteiger partial charge in [-0.25, -0.2) is 4.79 Å². The van der Waals surface area contributed by atoms with E-state index in [0.29, 0.717) is 12.5 Å². The molecule has 0 aliphatic heterocycles. The minimum absolute atomic E-state index is 0.167. The van der Waals surface area contributed by atoms with E-state index in [-0.39, 0.29) is 6.09 Å². The first-order valence-electron chi connectivity index (χ1n) is 6.61. The molecular formula is C13H27NO2. The van der Waals surface area contributed by atoms with Gasteiger partial charge in [-0.3, -0.25) is 0 Å². The Hall–Kier alpha value is -0.730. The van der Waals surface area contributed by atoms with E-state index < -0.39 is 0 Å². The van der Waals surface area contributed by atoms with E-state index in [9.17, 15) is 4.79 Å². The van der Waals surface area contributed by atoms with Gasteiger partial charge in [0, 0.05) is 13.1 Å². The van der Waals surface area contributed by atoms with E-state index in [1.165, 1.54) is 19.3 Å². The molecule has 0 saturated heterocycles. The summed E-state index contributed by atoms with van der Waals surface area (Å²) in [6.07, 6.45) is 4.52. The van der Waals surface area contributed by atoms with Gasteiger partial charge in [-0.15, -0.1) is 0 Å². The number of unbranched alkanes of at least 4 members (excludes halogenated alkanes) is 1. The average Bonchev–Trinajstić information content (AvgIpc) is 2.31. The number of rotatable bonds is 8. The van der Waals surface area contributed by atoms with Crippen LogP contribution in [0.15, 0.2) is 0 Å². The van der Waals surface area contributed by atoms with Crippen molar-refractivity contribution in [3.63, 3.8) is 0 Å². The van der Waals surface area contributed by atoms with E-state index in [1.54, 1.807) is 4.90 Å². The zero-order valence-corrected chi connectivity index (χ0v) is 11.3. The molecule has 0 rings (SSSR count). The van der Waals surface area contributed by atoms with Crippen molar-refractivity contribution in [2.24, 2.45) is 5.92 Å². The lowest BCUT2D eigenvalue weighted by molar-refractivity contribution is 0.0879. The van der Waals surface area contributed by atoms with Crippen LogP contribution in [0.3, 0.4) is 0 Å². The molecule has 96 valence electrons. The van der Waals surface area contributed by atoms with E-state index in [0.717, 1.165) is 19.5 Å². The third-order valence-electron chi connectivity index (χ3n) is 3.01. The van der Waals surface area contributed by atoms with Gasteiger partial charge in [0.25, 0.3) is 0 Å². The summed E-state index contributed by atoms with van der Waals surface area (Å²) in [7, 11) is 0. The van der Waals surface area contributed by atoms with Gasteiger partial charge in [0.15, 0.2) is 0 Å². The largest absolute Gasteiger partial charge is 0.449 e. The number of carbonyl (C=O) groups is 1. The molecule has 3 heteroatoms. The summed E-state index contributed by atoms with van der Waals surface area (Å²) >= 11 is 0. The average molecular weight is 229 g/mol. The molecule has 1 atom stereocenters. The monoisotopic (exact) mass is 229 g/mol. The summed E-state index contributed by atoms with van der Waals surface area (Å²) in [5, 5.41) is 0. The second-order valence-electron chi connectivity index (χ2n) is 4.17. The molecule has 0 aromatic heterocycles. The lowest BCUT2D eigenvalue weighted by atomic mass is 10.0. The summed E-state index contributed by atoms with van der Waals surface area (Å²) in [4.78, 5) is 13.3. The Kier molecular flexibility index (Phi) is 9.06. The van der Waals surface area contributed by atoms with Crippen LogP contribution >= 0.6 is 0 Å². The summed E-state index contributed by atoms with van der Waals surface area (Å²) in [6.45, 7) is 10.3. The van der Waals surface area contributed by atoms with Crippen molar-refractivity contribution < 1.29 is 9.53 Å². The molecule has 0 aromatic carbocycles. The molecule has 3 nitrogen and oxygen atoms in total. The zero-order chi connectivity index (χ0) is 12.4. The summed E-state index contributed by atoms with van der Waals surface area (Å²) in [5.74, 6) is 0.527. The summed E-state index contributed by atoms with van der Waals surface area (Å²) in [6, 6.07) is 0. The van der Waals surface area contributed by atoms with Crippen molar-refractivity contribution in [3.8, 4) is 0 Å². The Bertz CT molecular complexity index is 179. The molecule has 0 radical (unpaired) electrons. The van der Waals surface area contributed by atoms with Crippen molar-refractivity contribution in [2.75, 3.05) is 19.7 Å². The van der Waals surface area contributed by atoms with Gasteiger partial charge in [-0.1, -0.05) is 33.1 Å². The highest BCUT2D eigenvalue weighted by Crippen LogP contribution is 2.13. The van der Waals surface area contributed by atoms with E-state index in [1.807, 2.05) is 13.8 Å². The van der Waals surface area contributed by atoms with Crippen molar-refractivity contribution >= 4 is 6.09 Å². The molecule has 1 unspecified atom stereocenters. The maximum Gasteiger partial charge on any atom is 0.409 e. The highest BCUT2D eigenvalue weighted by molar-refractivity contribution is 5.67. The van der Waals surface area contributed by atoms with Gasteiger partial charge in [-0.2, -0.15) is 0 Å². The van der Waals surface area contributed by atoms with E-state index >= 15 is 0 Å². The smallest absolute Gasteiger partial charge is 0.409 e. The Balaban J connectivity index is 3.86. The Morgan fingerprint density at radius 3 is 2.25 bits per heavy atom. The van der Waals surface area contributed by atoms with Gasteiger partial charge in [-0.05, 0) is 26.2 Å². The number of nitrogens with zero attached hydrogens (tertiary/aromatic N) is 1. The standard InChI is InChI=1S/C13H27NO2/c1-5-9-10-12(6-2)11-16-13(15)14(7-3)8-4/h12H,5-11H2,1-4H3. The molecular weight excluding hydrogens is 202 g/mol. The predicted molar refractivity (Wildman–Crippen MR) is 67.6 cm³/mol.